The maximum absolute atomic E-state index is 11.6. The van der Waals surface area contributed by atoms with E-state index in [-0.39, 0.29) is 11.2 Å². The molecule has 1 aromatic heterocycles. The number of carbonyl (C=O) groups excluding carboxylic acids is 1. The van der Waals surface area contributed by atoms with Gasteiger partial charge in [0.15, 0.2) is 6.10 Å². The lowest BCUT2D eigenvalue weighted by molar-refractivity contribution is -0.146. The normalized spacial score (nSPS) is 13.1. The van der Waals surface area contributed by atoms with Crippen LogP contribution in [0.25, 0.3) is 0 Å². The molecule has 0 fully saturated rings. The monoisotopic (exact) mass is 256 g/mol. The molecule has 0 radical (unpaired) electrons. The highest BCUT2D eigenvalue weighted by Crippen LogP contribution is 2.17. The summed E-state index contributed by atoms with van der Waals surface area (Å²) in [6, 6.07) is 0. The van der Waals surface area contributed by atoms with Crippen molar-refractivity contribution in [2.45, 2.75) is 32.3 Å². The number of carbonyl (C=O) groups is 2. The second-order valence-electron chi connectivity index (χ2n) is 4.82. The fraction of sp³-hybridized carbons (Fsp3) is 0.600. The molecular weight excluding hydrogens is 240 g/mol. The van der Waals surface area contributed by atoms with Crippen molar-refractivity contribution in [1.82, 2.24) is 20.5 Å². The maximum Gasteiger partial charge on any atom is 0.334 e. The van der Waals surface area contributed by atoms with Gasteiger partial charge in [0.25, 0.3) is 5.91 Å². The number of carboxylic acids is 1. The van der Waals surface area contributed by atoms with Crippen LogP contribution in [-0.4, -0.2) is 49.9 Å². The van der Waals surface area contributed by atoms with Crippen LogP contribution in [0.2, 0.25) is 0 Å². The van der Waals surface area contributed by atoms with Gasteiger partial charge in [-0.3, -0.25) is 9.89 Å². The van der Waals surface area contributed by atoms with E-state index in [0.717, 1.165) is 0 Å². The minimum atomic E-state index is -1.64. The van der Waals surface area contributed by atoms with Gasteiger partial charge in [0, 0.05) is 5.41 Å². The minimum Gasteiger partial charge on any atom is -0.479 e. The predicted molar refractivity (Wildman–Crippen MR) is 61.1 cm³/mol. The van der Waals surface area contributed by atoms with Crippen molar-refractivity contribution in [2.75, 3.05) is 6.54 Å². The van der Waals surface area contributed by atoms with Gasteiger partial charge in [-0.2, -0.15) is 0 Å². The topological polar surface area (TPSA) is 128 Å². The van der Waals surface area contributed by atoms with E-state index in [0.29, 0.717) is 5.82 Å². The number of amides is 1. The molecule has 1 heterocycles. The standard InChI is InChI=1S/C10H16N4O4/c1-10(2,3)9-12-6(13-14-9)7(16)11-4-5(15)8(17)18/h5,15H,4H2,1-3H3,(H,11,16)(H,17,18)(H,12,13,14)/t5-/m0/s1. The molecule has 1 atom stereocenters. The summed E-state index contributed by atoms with van der Waals surface area (Å²) in [6.45, 7) is 5.32. The number of aromatic amines is 1. The lowest BCUT2D eigenvalue weighted by Crippen LogP contribution is -2.37. The van der Waals surface area contributed by atoms with E-state index < -0.39 is 24.5 Å². The zero-order valence-corrected chi connectivity index (χ0v) is 10.4. The second-order valence-corrected chi connectivity index (χ2v) is 4.82. The summed E-state index contributed by atoms with van der Waals surface area (Å²) in [7, 11) is 0. The molecular formula is C10H16N4O4. The Morgan fingerprint density at radius 1 is 1.44 bits per heavy atom. The summed E-state index contributed by atoms with van der Waals surface area (Å²) in [5.41, 5.74) is -0.272. The summed E-state index contributed by atoms with van der Waals surface area (Å²) in [5, 5.41) is 26.0. The van der Waals surface area contributed by atoms with Crippen molar-refractivity contribution in [2.24, 2.45) is 0 Å². The lowest BCUT2D eigenvalue weighted by atomic mass is 9.96. The number of aliphatic hydroxyl groups excluding tert-OH is 1. The van der Waals surface area contributed by atoms with E-state index in [4.69, 9.17) is 10.2 Å². The zero-order valence-electron chi connectivity index (χ0n) is 10.4. The van der Waals surface area contributed by atoms with Crippen LogP contribution in [0, 0.1) is 0 Å². The van der Waals surface area contributed by atoms with E-state index in [1.54, 1.807) is 0 Å². The van der Waals surface area contributed by atoms with Crippen LogP contribution in [0.15, 0.2) is 0 Å². The highest BCUT2D eigenvalue weighted by molar-refractivity contribution is 5.90. The van der Waals surface area contributed by atoms with Crippen LogP contribution in [-0.2, 0) is 10.2 Å². The Hall–Kier alpha value is -1.96. The van der Waals surface area contributed by atoms with Crippen molar-refractivity contribution in [3.8, 4) is 0 Å². The van der Waals surface area contributed by atoms with E-state index in [2.05, 4.69) is 20.5 Å². The van der Waals surface area contributed by atoms with Crippen molar-refractivity contribution >= 4 is 11.9 Å². The van der Waals surface area contributed by atoms with Crippen LogP contribution in [0.3, 0.4) is 0 Å². The molecule has 0 aliphatic carbocycles. The highest BCUT2D eigenvalue weighted by Gasteiger charge is 2.22. The van der Waals surface area contributed by atoms with Crippen molar-refractivity contribution in [3.63, 3.8) is 0 Å². The molecule has 4 N–H and O–H groups in total. The molecule has 1 aromatic rings. The molecule has 0 spiro atoms. The molecule has 0 saturated carbocycles. The number of carboxylic acid groups (broad SMARTS) is 1. The first-order chi connectivity index (χ1) is 8.21. The number of aromatic nitrogens is 3. The van der Waals surface area contributed by atoms with Crippen molar-refractivity contribution in [3.05, 3.63) is 11.6 Å². The van der Waals surface area contributed by atoms with E-state index >= 15 is 0 Å². The van der Waals surface area contributed by atoms with Crippen LogP contribution >= 0.6 is 0 Å². The molecule has 0 aliphatic rings. The SMILES string of the molecule is CC(C)(C)c1nc(C(=O)NC[C@H](O)C(=O)O)n[nH]1. The molecule has 100 valence electrons. The number of aliphatic hydroxyl groups is 1. The van der Waals surface area contributed by atoms with Crippen molar-refractivity contribution < 1.29 is 19.8 Å². The Morgan fingerprint density at radius 2 is 2.06 bits per heavy atom. The van der Waals surface area contributed by atoms with E-state index in [1.165, 1.54) is 0 Å². The Kier molecular flexibility index (Phi) is 4.02. The Morgan fingerprint density at radius 3 is 2.50 bits per heavy atom. The summed E-state index contributed by atoms with van der Waals surface area (Å²) >= 11 is 0. The van der Waals surface area contributed by atoms with Crippen LogP contribution in [0.1, 0.15) is 37.2 Å². The molecule has 0 saturated heterocycles. The lowest BCUT2D eigenvalue weighted by Gasteiger charge is -2.12. The predicted octanol–water partition coefficient (Wildman–Crippen LogP) is -0.722. The summed E-state index contributed by atoms with van der Waals surface area (Å²) in [6.07, 6.45) is -1.64. The number of aliphatic carboxylic acids is 1. The van der Waals surface area contributed by atoms with Crippen molar-refractivity contribution in [1.29, 1.82) is 0 Å². The van der Waals surface area contributed by atoms with Crippen LogP contribution < -0.4 is 5.32 Å². The summed E-state index contributed by atoms with van der Waals surface area (Å²) in [4.78, 5) is 25.9. The van der Waals surface area contributed by atoms with Gasteiger partial charge in [0.05, 0.1) is 6.54 Å². The van der Waals surface area contributed by atoms with Gasteiger partial charge in [-0.1, -0.05) is 20.8 Å². The first-order valence-corrected chi connectivity index (χ1v) is 5.33. The Bertz CT molecular complexity index is 449. The highest BCUT2D eigenvalue weighted by atomic mass is 16.4. The van der Waals surface area contributed by atoms with E-state index in [1.807, 2.05) is 20.8 Å². The maximum atomic E-state index is 11.6. The molecule has 0 bridgehead atoms. The largest absolute Gasteiger partial charge is 0.479 e. The van der Waals surface area contributed by atoms with Gasteiger partial charge in [0.1, 0.15) is 5.82 Å². The second kappa shape index (κ2) is 5.13. The fourth-order valence-corrected chi connectivity index (χ4v) is 1.05. The van der Waals surface area contributed by atoms with Gasteiger partial charge in [-0.05, 0) is 0 Å². The molecule has 8 nitrogen and oxygen atoms in total. The van der Waals surface area contributed by atoms with Gasteiger partial charge in [0.2, 0.25) is 5.82 Å². The third-order valence-electron chi connectivity index (χ3n) is 2.14. The first-order valence-electron chi connectivity index (χ1n) is 5.33. The van der Waals surface area contributed by atoms with Gasteiger partial charge in [-0.15, -0.1) is 5.10 Å². The van der Waals surface area contributed by atoms with Gasteiger partial charge < -0.3 is 15.5 Å². The number of H-pyrrole nitrogens is 1. The third kappa shape index (κ3) is 3.52. The molecule has 0 aromatic carbocycles. The van der Waals surface area contributed by atoms with Crippen LogP contribution in [0.4, 0.5) is 0 Å². The van der Waals surface area contributed by atoms with Gasteiger partial charge >= 0.3 is 5.97 Å². The number of nitrogens with zero attached hydrogens (tertiary/aromatic N) is 2. The number of nitrogens with one attached hydrogen (secondary N) is 2. The molecule has 0 aliphatic heterocycles. The smallest absolute Gasteiger partial charge is 0.334 e. The molecule has 1 amide bonds. The van der Waals surface area contributed by atoms with Crippen LogP contribution in [0.5, 0.6) is 0 Å². The Balaban J connectivity index is 2.63. The molecule has 8 heteroatoms. The summed E-state index contributed by atoms with van der Waals surface area (Å²) < 4.78 is 0. The molecule has 0 unspecified atom stereocenters. The summed E-state index contributed by atoms with van der Waals surface area (Å²) in [5.74, 6) is -1.58. The number of rotatable bonds is 4. The van der Waals surface area contributed by atoms with E-state index in [9.17, 15) is 9.59 Å². The number of hydrogen-bond donors (Lipinski definition) is 4. The Labute approximate surface area is 103 Å². The third-order valence-corrected chi connectivity index (χ3v) is 2.14. The average molecular weight is 256 g/mol. The quantitative estimate of drug-likeness (QED) is 0.562. The molecule has 18 heavy (non-hydrogen) atoms. The molecule has 1 rings (SSSR count). The zero-order chi connectivity index (χ0) is 13.9. The van der Waals surface area contributed by atoms with Gasteiger partial charge in [-0.25, -0.2) is 9.78 Å². The fourth-order valence-electron chi connectivity index (χ4n) is 1.05. The average Bonchev–Trinajstić information content (AvgIpc) is 2.73. The number of hydrogen-bond acceptors (Lipinski definition) is 5. The minimum absolute atomic E-state index is 0.0856. The first kappa shape index (κ1) is 14.1.